The van der Waals surface area contributed by atoms with Gasteiger partial charge in [-0.3, -0.25) is 4.79 Å². The average molecular weight is 346 g/mol. The number of methoxy groups -OCH3 is 1. The lowest BCUT2D eigenvalue weighted by Gasteiger charge is -2.04. The first kappa shape index (κ1) is 12.3. The van der Waals surface area contributed by atoms with E-state index in [2.05, 4.69) is 9.97 Å². The molecule has 0 spiro atoms. The Morgan fingerprint density at radius 3 is 2.94 bits per heavy atom. The maximum Gasteiger partial charge on any atom is 0.265 e. The van der Waals surface area contributed by atoms with E-state index in [9.17, 15) is 4.79 Å². The molecule has 2 rings (SSSR count). The Hall–Kier alpha value is -1.15. The highest BCUT2D eigenvalue weighted by Crippen LogP contribution is 2.20. The summed E-state index contributed by atoms with van der Waals surface area (Å²) in [6.45, 7) is 2.20. The fraction of sp³-hybridized carbons (Fsp3) is 0.273. The molecular weight excluding hydrogens is 335 g/mol. The number of aromatic nitrogens is 2. The number of hydrogen-bond donors (Lipinski definition) is 1. The summed E-state index contributed by atoms with van der Waals surface area (Å²) in [5.41, 5.74) is 1.36. The van der Waals surface area contributed by atoms with E-state index in [-0.39, 0.29) is 5.56 Å². The van der Waals surface area contributed by atoms with Gasteiger partial charge in [-0.15, -0.1) is 0 Å². The molecule has 2 heterocycles. The van der Waals surface area contributed by atoms with Gasteiger partial charge in [-0.1, -0.05) is 0 Å². The van der Waals surface area contributed by atoms with Gasteiger partial charge in [-0.25, -0.2) is 4.98 Å². The van der Waals surface area contributed by atoms with Crippen LogP contribution in [0.3, 0.4) is 0 Å². The van der Waals surface area contributed by atoms with Crippen molar-refractivity contribution in [2.45, 2.75) is 13.5 Å². The van der Waals surface area contributed by atoms with Crippen molar-refractivity contribution in [3.8, 4) is 11.6 Å². The normalized spacial score (nSPS) is 10.8. The largest absolute Gasteiger partial charge is 0.461 e. The molecule has 17 heavy (non-hydrogen) atoms. The maximum atomic E-state index is 11.7. The molecule has 0 aliphatic rings. The van der Waals surface area contributed by atoms with Gasteiger partial charge in [0.25, 0.3) is 5.56 Å². The zero-order chi connectivity index (χ0) is 12.4. The van der Waals surface area contributed by atoms with E-state index in [1.165, 1.54) is 0 Å². The second kappa shape index (κ2) is 5.01. The molecule has 0 saturated carbocycles. The maximum absolute atomic E-state index is 11.7. The summed E-state index contributed by atoms with van der Waals surface area (Å²) < 4.78 is 10.9. The first-order valence-electron chi connectivity index (χ1n) is 4.95. The van der Waals surface area contributed by atoms with Crippen LogP contribution in [0.2, 0.25) is 0 Å². The van der Waals surface area contributed by atoms with Crippen molar-refractivity contribution >= 4 is 22.6 Å². The molecule has 2 aromatic rings. The number of H-pyrrole nitrogens is 1. The van der Waals surface area contributed by atoms with E-state index in [1.54, 1.807) is 13.4 Å². The van der Waals surface area contributed by atoms with Gasteiger partial charge in [0, 0.05) is 7.11 Å². The van der Waals surface area contributed by atoms with Crippen LogP contribution in [-0.2, 0) is 11.3 Å². The van der Waals surface area contributed by atoms with Crippen molar-refractivity contribution in [2.24, 2.45) is 0 Å². The van der Waals surface area contributed by atoms with Crippen molar-refractivity contribution in [2.75, 3.05) is 7.11 Å². The highest BCUT2D eigenvalue weighted by Gasteiger charge is 2.13. The Labute approximate surface area is 111 Å². The fourth-order valence-electron chi connectivity index (χ4n) is 1.46. The predicted molar refractivity (Wildman–Crippen MR) is 70.7 cm³/mol. The third-order valence-corrected chi connectivity index (χ3v) is 3.40. The quantitative estimate of drug-likeness (QED) is 0.865. The van der Waals surface area contributed by atoms with Gasteiger partial charge in [0.1, 0.15) is 3.57 Å². The van der Waals surface area contributed by atoms with Crippen molar-refractivity contribution in [1.29, 1.82) is 0 Å². The Morgan fingerprint density at radius 2 is 2.35 bits per heavy atom. The van der Waals surface area contributed by atoms with E-state index < -0.39 is 0 Å². The number of rotatable bonds is 3. The Morgan fingerprint density at radius 1 is 1.59 bits per heavy atom. The zero-order valence-corrected chi connectivity index (χ0v) is 11.6. The molecule has 6 heteroatoms. The lowest BCUT2D eigenvalue weighted by Crippen LogP contribution is -2.16. The van der Waals surface area contributed by atoms with Gasteiger partial charge in [-0.05, 0) is 41.1 Å². The van der Waals surface area contributed by atoms with Crippen LogP contribution in [-0.4, -0.2) is 17.1 Å². The summed E-state index contributed by atoms with van der Waals surface area (Å²) in [4.78, 5) is 18.8. The molecule has 0 saturated heterocycles. The summed E-state index contributed by atoms with van der Waals surface area (Å²) >= 11 is 1.95. The minimum absolute atomic E-state index is 0.182. The fourth-order valence-corrected chi connectivity index (χ4v) is 1.87. The van der Waals surface area contributed by atoms with E-state index in [0.717, 1.165) is 5.56 Å². The van der Waals surface area contributed by atoms with Crippen LogP contribution in [0.15, 0.2) is 21.5 Å². The monoisotopic (exact) mass is 346 g/mol. The SMILES string of the molecule is COCc1nc(-c2occc2C)[nH]c(=O)c1I. The van der Waals surface area contributed by atoms with Crippen molar-refractivity contribution in [3.05, 3.63) is 37.5 Å². The van der Waals surface area contributed by atoms with Gasteiger partial charge in [0.05, 0.1) is 18.6 Å². The van der Waals surface area contributed by atoms with Crippen LogP contribution in [0, 0.1) is 10.5 Å². The number of halogens is 1. The molecule has 1 N–H and O–H groups in total. The van der Waals surface area contributed by atoms with Crippen LogP contribution in [0.1, 0.15) is 11.3 Å². The zero-order valence-electron chi connectivity index (χ0n) is 9.41. The second-order valence-corrected chi connectivity index (χ2v) is 4.62. The van der Waals surface area contributed by atoms with Gasteiger partial charge in [-0.2, -0.15) is 0 Å². The number of hydrogen-bond acceptors (Lipinski definition) is 4. The number of aryl methyl sites for hydroxylation is 1. The highest BCUT2D eigenvalue weighted by atomic mass is 127. The molecule has 2 aromatic heterocycles. The standard InChI is InChI=1S/C11H11IN2O3/c1-6-3-4-17-9(6)10-13-7(5-16-2)8(12)11(15)14-10/h3-4H,5H2,1-2H3,(H,13,14,15). The molecule has 0 bridgehead atoms. The molecule has 90 valence electrons. The minimum atomic E-state index is -0.182. The average Bonchev–Trinajstić information content (AvgIpc) is 2.71. The highest BCUT2D eigenvalue weighted by molar-refractivity contribution is 14.1. The predicted octanol–water partition coefficient (Wildman–Crippen LogP) is 2.09. The Bertz CT molecular complexity index is 589. The number of nitrogens with zero attached hydrogens (tertiary/aromatic N) is 1. The lowest BCUT2D eigenvalue weighted by molar-refractivity contribution is 0.180. The molecular formula is C11H11IN2O3. The molecule has 0 amide bonds. The number of nitrogens with one attached hydrogen (secondary N) is 1. The third-order valence-electron chi connectivity index (χ3n) is 2.29. The first-order valence-corrected chi connectivity index (χ1v) is 6.03. The first-order chi connectivity index (χ1) is 8.13. The van der Waals surface area contributed by atoms with Crippen molar-refractivity contribution < 1.29 is 9.15 Å². The Balaban J connectivity index is 2.57. The lowest BCUT2D eigenvalue weighted by atomic mass is 10.2. The molecule has 5 nitrogen and oxygen atoms in total. The van der Waals surface area contributed by atoms with Crippen LogP contribution in [0.4, 0.5) is 0 Å². The molecule has 0 fully saturated rings. The second-order valence-electron chi connectivity index (χ2n) is 3.54. The van der Waals surface area contributed by atoms with Gasteiger partial charge in [0.15, 0.2) is 11.6 Å². The summed E-state index contributed by atoms with van der Waals surface area (Å²) in [5.74, 6) is 1.01. The Kier molecular flexibility index (Phi) is 3.63. The number of furan rings is 1. The molecule has 0 aromatic carbocycles. The van der Waals surface area contributed by atoms with Crippen LogP contribution in [0.25, 0.3) is 11.6 Å². The van der Waals surface area contributed by atoms with E-state index in [1.807, 2.05) is 35.6 Å². The van der Waals surface area contributed by atoms with Crippen LogP contribution in [0.5, 0.6) is 0 Å². The number of ether oxygens (including phenoxy) is 1. The van der Waals surface area contributed by atoms with Crippen molar-refractivity contribution in [3.63, 3.8) is 0 Å². The smallest absolute Gasteiger partial charge is 0.265 e. The molecule has 0 aliphatic carbocycles. The van der Waals surface area contributed by atoms with E-state index >= 15 is 0 Å². The molecule has 0 radical (unpaired) electrons. The van der Waals surface area contributed by atoms with Gasteiger partial charge < -0.3 is 14.1 Å². The van der Waals surface area contributed by atoms with Crippen molar-refractivity contribution in [1.82, 2.24) is 9.97 Å². The topological polar surface area (TPSA) is 68.1 Å². The van der Waals surface area contributed by atoms with Crippen LogP contribution >= 0.6 is 22.6 Å². The number of aromatic amines is 1. The molecule has 0 atom stereocenters. The van der Waals surface area contributed by atoms with Crippen LogP contribution < -0.4 is 5.56 Å². The minimum Gasteiger partial charge on any atom is -0.461 e. The molecule has 0 aliphatic heterocycles. The van der Waals surface area contributed by atoms with E-state index in [0.29, 0.717) is 27.5 Å². The molecule has 0 unspecified atom stereocenters. The van der Waals surface area contributed by atoms with Gasteiger partial charge >= 0.3 is 0 Å². The summed E-state index contributed by atoms with van der Waals surface area (Å²) in [7, 11) is 1.57. The summed E-state index contributed by atoms with van der Waals surface area (Å²) in [5, 5.41) is 0. The summed E-state index contributed by atoms with van der Waals surface area (Å²) in [6, 6.07) is 1.82. The summed E-state index contributed by atoms with van der Waals surface area (Å²) in [6.07, 6.45) is 1.57. The van der Waals surface area contributed by atoms with Gasteiger partial charge in [0.2, 0.25) is 0 Å². The third kappa shape index (κ3) is 2.42. The van der Waals surface area contributed by atoms with E-state index in [4.69, 9.17) is 9.15 Å².